The van der Waals surface area contributed by atoms with Gasteiger partial charge in [-0.15, -0.1) is 0 Å². The van der Waals surface area contributed by atoms with Crippen LogP contribution in [0.4, 0.5) is 11.4 Å². The molecule has 0 aliphatic rings. The number of benzene rings is 2. The Balaban J connectivity index is 2.31. The van der Waals surface area contributed by atoms with Crippen molar-refractivity contribution >= 4 is 33.5 Å². The predicted molar refractivity (Wildman–Crippen MR) is 79.2 cm³/mol. The Hall–Kier alpha value is -2.01. The molecular weight excluding hydrogens is 308 g/mol. The van der Waals surface area contributed by atoms with Gasteiger partial charge in [-0.3, -0.25) is 15.1 Å². The molecule has 0 saturated carbocycles. The van der Waals surface area contributed by atoms with Crippen LogP contribution in [-0.4, -0.2) is 11.1 Å². The van der Waals surface area contributed by atoms with Crippen molar-refractivity contribution in [1.29, 1.82) is 0 Å². The maximum atomic E-state index is 10.8. The Kier molecular flexibility index (Phi) is 4.06. The summed E-state index contributed by atoms with van der Waals surface area (Å²) >= 11 is 3.23. The normalized spacial score (nSPS) is 10.8. The maximum Gasteiger partial charge on any atom is 0.284 e. The summed E-state index contributed by atoms with van der Waals surface area (Å²) in [5, 5.41) is 10.8. The first-order chi connectivity index (χ1) is 9.08. The third kappa shape index (κ3) is 3.26. The zero-order valence-electron chi connectivity index (χ0n) is 10.2. The molecule has 0 radical (unpaired) electrons. The quantitative estimate of drug-likeness (QED) is 0.478. The lowest BCUT2D eigenvalue weighted by molar-refractivity contribution is -0.385. The number of hydrogen-bond acceptors (Lipinski definition) is 3. The minimum absolute atomic E-state index is 0.0351. The Morgan fingerprint density at radius 1 is 1.21 bits per heavy atom. The smallest absolute Gasteiger partial charge is 0.258 e. The Morgan fingerprint density at radius 3 is 2.53 bits per heavy atom. The number of nitro groups is 1. The van der Waals surface area contributed by atoms with E-state index in [-0.39, 0.29) is 5.69 Å². The van der Waals surface area contributed by atoms with Gasteiger partial charge in [0.25, 0.3) is 5.69 Å². The molecule has 19 heavy (non-hydrogen) atoms. The summed E-state index contributed by atoms with van der Waals surface area (Å²) < 4.78 is 0.441. The number of aryl methyl sites for hydroxylation is 1. The molecule has 2 aromatic carbocycles. The molecule has 0 spiro atoms. The molecule has 4 nitrogen and oxygen atoms in total. The second-order valence-electron chi connectivity index (χ2n) is 4.03. The summed E-state index contributed by atoms with van der Waals surface area (Å²) in [5.41, 5.74) is 2.68. The molecule has 0 N–H and O–H groups in total. The summed E-state index contributed by atoms with van der Waals surface area (Å²) in [6.07, 6.45) is 1.61. The van der Waals surface area contributed by atoms with E-state index in [9.17, 15) is 10.1 Å². The summed E-state index contributed by atoms with van der Waals surface area (Å²) in [6, 6.07) is 12.6. The van der Waals surface area contributed by atoms with Gasteiger partial charge in [0.15, 0.2) is 0 Å². The molecule has 0 fully saturated rings. The second-order valence-corrected chi connectivity index (χ2v) is 4.82. The van der Waals surface area contributed by atoms with Crippen LogP contribution in [-0.2, 0) is 0 Å². The van der Waals surface area contributed by atoms with Crippen molar-refractivity contribution in [2.24, 2.45) is 4.99 Å². The van der Waals surface area contributed by atoms with Crippen LogP contribution in [0.25, 0.3) is 0 Å². The molecule has 5 heteroatoms. The molecule has 0 bridgehead atoms. The van der Waals surface area contributed by atoms with Crippen LogP contribution >= 0.6 is 15.9 Å². The maximum absolute atomic E-state index is 10.8. The third-order valence-corrected chi connectivity index (χ3v) is 3.46. The standard InChI is InChI=1S/C14H11BrN2O2/c1-10-5-7-12(8-6-10)16-9-11-3-2-4-13(14(11)15)17(18)19/h2-9H,1H3. The zero-order chi connectivity index (χ0) is 13.8. The second kappa shape index (κ2) is 5.75. The molecule has 0 saturated heterocycles. The molecule has 2 rings (SSSR count). The van der Waals surface area contributed by atoms with Gasteiger partial charge < -0.3 is 0 Å². The fourth-order valence-electron chi connectivity index (χ4n) is 1.55. The Labute approximate surface area is 119 Å². The number of aliphatic imine (C=N–C) groups is 1. The van der Waals surface area contributed by atoms with Gasteiger partial charge in [0.2, 0.25) is 0 Å². The minimum atomic E-state index is -0.423. The molecule has 0 atom stereocenters. The zero-order valence-corrected chi connectivity index (χ0v) is 11.8. The summed E-state index contributed by atoms with van der Waals surface area (Å²) in [6.45, 7) is 2.00. The van der Waals surface area contributed by atoms with Gasteiger partial charge in [-0.25, -0.2) is 0 Å². The average molecular weight is 319 g/mol. The van der Waals surface area contributed by atoms with Crippen molar-refractivity contribution in [1.82, 2.24) is 0 Å². The molecule has 0 amide bonds. The van der Waals surface area contributed by atoms with E-state index in [1.165, 1.54) is 6.07 Å². The van der Waals surface area contributed by atoms with Crippen molar-refractivity contribution in [2.45, 2.75) is 6.92 Å². The lowest BCUT2D eigenvalue weighted by Gasteiger charge is -1.99. The predicted octanol–water partition coefficient (Wildman–Crippen LogP) is 4.42. The van der Waals surface area contributed by atoms with Gasteiger partial charge >= 0.3 is 0 Å². The molecule has 0 heterocycles. The number of nitrogens with zero attached hydrogens (tertiary/aromatic N) is 2. The van der Waals surface area contributed by atoms with Crippen LogP contribution < -0.4 is 0 Å². The lowest BCUT2D eigenvalue weighted by atomic mass is 10.2. The van der Waals surface area contributed by atoms with E-state index in [4.69, 9.17) is 0 Å². The molecule has 96 valence electrons. The average Bonchev–Trinajstić information content (AvgIpc) is 2.39. The molecular formula is C14H11BrN2O2. The monoisotopic (exact) mass is 318 g/mol. The third-order valence-electron chi connectivity index (χ3n) is 2.59. The van der Waals surface area contributed by atoms with E-state index >= 15 is 0 Å². The highest BCUT2D eigenvalue weighted by Crippen LogP contribution is 2.27. The van der Waals surface area contributed by atoms with Gasteiger partial charge in [0.05, 0.1) is 10.6 Å². The first-order valence-corrected chi connectivity index (χ1v) is 6.41. The highest BCUT2D eigenvalue weighted by molar-refractivity contribution is 9.10. The fraction of sp³-hybridized carbons (Fsp3) is 0.0714. The number of halogens is 1. The Morgan fingerprint density at radius 2 is 1.89 bits per heavy atom. The van der Waals surface area contributed by atoms with Crippen molar-refractivity contribution in [2.75, 3.05) is 0 Å². The van der Waals surface area contributed by atoms with E-state index < -0.39 is 4.92 Å². The summed E-state index contributed by atoms with van der Waals surface area (Å²) in [7, 11) is 0. The number of rotatable bonds is 3. The van der Waals surface area contributed by atoms with Crippen LogP contribution in [0.1, 0.15) is 11.1 Å². The SMILES string of the molecule is Cc1ccc(N=Cc2cccc([N+](=O)[O-])c2Br)cc1. The number of hydrogen-bond donors (Lipinski definition) is 0. The molecule has 0 aromatic heterocycles. The largest absolute Gasteiger partial charge is 0.284 e. The van der Waals surface area contributed by atoms with Gasteiger partial charge in [-0.1, -0.05) is 29.8 Å². The van der Waals surface area contributed by atoms with Gasteiger partial charge in [0, 0.05) is 17.8 Å². The molecule has 0 aliphatic heterocycles. The van der Waals surface area contributed by atoms with Crippen LogP contribution in [0, 0.1) is 17.0 Å². The van der Waals surface area contributed by atoms with Crippen molar-refractivity contribution < 1.29 is 4.92 Å². The number of nitro benzene ring substituents is 1. The van der Waals surface area contributed by atoms with Crippen LogP contribution in [0.5, 0.6) is 0 Å². The highest BCUT2D eigenvalue weighted by atomic mass is 79.9. The highest BCUT2D eigenvalue weighted by Gasteiger charge is 2.13. The van der Waals surface area contributed by atoms with Gasteiger partial charge in [-0.2, -0.15) is 0 Å². The van der Waals surface area contributed by atoms with Crippen molar-refractivity contribution in [3.8, 4) is 0 Å². The van der Waals surface area contributed by atoms with Crippen LogP contribution in [0.2, 0.25) is 0 Å². The molecule has 0 unspecified atom stereocenters. The van der Waals surface area contributed by atoms with Crippen LogP contribution in [0.3, 0.4) is 0 Å². The minimum Gasteiger partial charge on any atom is -0.258 e. The van der Waals surface area contributed by atoms with E-state index in [0.29, 0.717) is 10.0 Å². The lowest BCUT2D eigenvalue weighted by Crippen LogP contribution is -1.92. The van der Waals surface area contributed by atoms with Crippen molar-refractivity contribution in [3.63, 3.8) is 0 Å². The van der Waals surface area contributed by atoms with E-state index in [1.807, 2.05) is 31.2 Å². The molecule has 2 aromatic rings. The first-order valence-electron chi connectivity index (χ1n) is 5.61. The van der Waals surface area contributed by atoms with Crippen LogP contribution in [0.15, 0.2) is 51.9 Å². The topological polar surface area (TPSA) is 55.5 Å². The van der Waals surface area contributed by atoms with E-state index in [0.717, 1.165) is 11.3 Å². The molecule has 0 aliphatic carbocycles. The summed E-state index contributed by atoms with van der Waals surface area (Å²) in [4.78, 5) is 14.7. The fourth-order valence-corrected chi connectivity index (χ4v) is 2.06. The Bertz CT molecular complexity index is 636. The van der Waals surface area contributed by atoms with Gasteiger partial charge in [0.1, 0.15) is 4.47 Å². The van der Waals surface area contributed by atoms with E-state index in [1.54, 1.807) is 18.3 Å². The summed E-state index contributed by atoms with van der Waals surface area (Å²) in [5.74, 6) is 0. The van der Waals surface area contributed by atoms with E-state index in [2.05, 4.69) is 20.9 Å². The van der Waals surface area contributed by atoms with Crippen molar-refractivity contribution in [3.05, 3.63) is 68.2 Å². The first kappa shape index (κ1) is 13.4. The van der Waals surface area contributed by atoms with Gasteiger partial charge in [-0.05, 0) is 35.0 Å².